The summed E-state index contributed by atoms with van der Waals surface area (Å²) in [5.74, 6) is 1.46. The van der Waals surface area contributed by atoms with Gasteiger partial charge in [-0.3, -0.25) is 0 Å². The van der Waals surface area contributed by atoms with Crippen LogP contribution in [-0.2, 0) is 5.41 Å². The van der Waals surface area contributed by atoms with Gasteiger partial charge in [-0.25, -0.2) is 4.98 Å². The quantitative estimate of drug-likeness (QED) is 0.754. The van der Waals surface area contributed by atoms with Crippen LogP contribution in [0.3, 0.4) is 0 Å². The Kier molecular flexibility index (Phi) is 3.95. The van der Waals surface area contributed by atoms with Gasteiger partial charge in [-0.15, -0.1) is 0 Å². The third-order valence-corrected chi connectivity index (χ3v) is 3.42. The number of pyridine rings is 1. The summed E-state index contributed by atoms with van der Waals surface area (Å²) < 4.78 is 6.74. The minimum absolute atomic E-state index is 0.152. The van der Waals surface area contributed by atoms with Crippen molar-refractivity contribution in [1.82, 2.24) is 4.98 Å². The van der Waals surface area contributed by atoms with Crippen LogP contribution in [-0.4, -0.2) is 4.98 Å². The van der Waals surface area contributed by atoms with Crippen molar-refractivity contribution in [1.29, 1.82) is 0 Å². The Morgan fingerprint density at radius 1 is 1.11 bits per heavy atom. The van der Waals surface area contributed by atoms with Crippen LogP contribution in [0.1, 0.15) is 31.9 Å². The third kappa shape index (κ3) is 3.57. The second-order valence-corrected chi connectivity index (χ2v) is 6.56. The summed E-state index contributed by atoms with van der Waals surface area (Å²) in [6.07, 6.45) is 1.73. The monoisotopic (exact) mass is 319 g/mol. The lowest BCUT2D eigenvalue weighted by Gasteiger charge is -2.20. The van der Waals surface area contributed by atoms with Gasteiger partial charge < -0.3 is 4.74 Å². The molecule has 0 saturated heterocycles. The van der Waals surface area contributed by atoms with E-state index in [1.807, 2.05) is 18.2 Å². The first kappa shape index (κ1) is 14.1. The van der Waals surface area contributed by atoms with Gasteiger partial charge in [0, 0.05) is 16.7 Å². The number of halogens is 1. The van der Waals surface area contributed by atoms with Crippen LogP contribution >= 0.6 is 15.9 Å². The van der Waals surface area contributed by atoms with Crippen molar-refractivity contribution in [2.75, 3.05) is 0 Å². The molecule has 0 unspecified atom stereocenters. The predicted octanol–water partition coefficient (Wildman–Crippen LogP) is 5.24. The Morgan fingerprint density at radius 3 is 2.37 bits per heavy atom. The molecule has 0 aliphatic heterocycles. The van der Waals surface area contributed by atoms with Crippen molar-refractivity contribution < 1.29 is 4.74 Å². The van der Waals surface area contributed by atoms with Crippen LogP contribution < -0.4 is 4.74 Å². The average Bonchev–Trinajstić information content (AvgIpc) is 2.33. The molecular formula is C16H18BrNO. The molecule has 0 radical (unpaired) electrons. The van der Waals surface area contributed by atoms with Crippen molar-refractivity contribution in [2.24, 2.45) is 0 Å². The zero-order chi connectivity index (χ0) is 14.0. The molecule has 0 spiro atoms. The molecule has 0 saturated carbocycles. The topological polar surface area (TPSA) is 22.1 Å². The van der Waals surface area contributed by atoms with Crippen molar-refractivity contribution in [3.8, 4) is 11.6 Å². The number of aromatic nitrogens is 1. The summed E-state index contributed by atoms with van der Waals surface area (Å²) in [5, 5.41) is 0. The Labute approximate surface area is 123 Å². The smallest absolute Gasteiger partial charge is 0.219 e. The summed E-state index contributed by atoms with van der Waals surface area (Å²) in [6.45, 7) is 8.68. The fourth-order valence-corrected chi connectivity index (χ4v) is 2.00. The molecule has 100 valence electrons. The molecule has 19 heavy (non-hydrogen) atoms. The Hall–Kier alpha value is -1.35. The number of aryl methyl sites for hydroxylation is 1. The molecule has 0 bridgehead atoms. The molecule has 2 aromatic rings. The SMILES string of the molecule is Cc1cc(C(C)(C)C)ccc1Oc1ccc(Br)cn1. The highest BCUT2D eigenvalue weighted by molar-refractivity contribution is 9.10. The van der Waals surface area contributed by atoms with Gasteiger partial charge in [0.2, 0.25) is 5.88 Å². The number of benzene rings is 1. The maximum Gasteiger partial charge on any atom is 0.219 e. The highest BCUT2D eigenvalue weighted by atomic mass is 79.9. The Balaban J connectivity index is 2.24. The van der Waals surface area contributed by atoms with Gasteiger partial charge in [-0.05, 0) is 51.5 Å². The van der Waals surface area contributed by atoms with Crippen LogP contribution in [0.2, 0.25) is 0 Å². The second-order valence-electron chi connectivity index (χ2n) is 5.65. The molecule has 2 nitrogen and oxygen atoms in total. The molecule has 0 aliphatic carbocycles. The minimum atomic E-state index is 0.152. The fraction of sp³-hybridized carbons (Fsp3) is 0.312. The molecule has 1 aromatic heterocycles. The van der Waals surface area contributed by atoms with Crippen molar-refractivity contribution in [3.05, 3.63) is 52.1 Å². The molecule has 1 aromatic carbocycles. The zero-order valence-electron chi connectivity index (χ0n) is 11.7. The summed E-state index contributed by atoms with van der Waals surface area (Å²) in [6, 6.07) is 10.1. The maximum absolute atomic E-state index is 5.80. The fourth-order valence-electron chi connectivity index (χ4n) is 1.77. The first-order valence-corrected chi connectivity index (χ1v) is 7.06. The lowest BCUT2D eigenvalue weighted by Crippen LogP contribution is -2.11. The number of hydrogen-bond donors (Lipinski definition) is 0. The van der Waals surface area contributed by atoms with E-state index in [2.05, 4.69) is 60.7 Å². The largest absolute Gasteiger partial charge is 0.439 e. The summed E-state index contributed by atoms with van der Waals surface area (Å²) in [4.78, 5) is 4.22. The molecular weight excluding hydrogens is 302 g/mol. The van der Waals surface area contributed by atoms with E-state index >= 15 is 0 Å². The van der Waals surface area contributed by atoms with Gasteiger partial charge in [0.1, 0.15) is 5.75 Å². The molecule has 0 N–H and O–H groups in total. The van der Waals surface area contributed by atoms with Gasteiger partial charge in [-0.1, -0.05) is 32.9 Å². The highest BCUT2D eigenvalue weighted by Crippen LogP contribution is 2.29. The molecule has 0 amide bonds. The second kappa shape index (κ2) is 5.33. The summed E-state index contributed by atoms with van der Waals surface area (Å²) >= 11 is 3.36. The van der Waals surface area contributed by atoms with Crippen LogP contribution in [0.4, 0.5) is 0 Å². The molecule has 0 fully saturated rings. The lowest BCUT2D eigenvalue weighted by molar-refractivity contribution is 0.458. The zero-order valence-corrected chi connectivity index (χ0v) is 13.3. The van der Waals surface area contributed by atoms with E-state index < -0.39 is 0 Å². The van der Waals surface area contributed by atoms with Gasteiger partial charge in [0.05, 0.1) is 0 Å². The van der Waals surface area contributed by atoms with Gasteiger partial charge in [0.25, 0.3) is 0 Å². The van der Waals surface area contributed by atoms with Crippen molar-refractivity contribution >= 4 is 15.9 Å². The Morgan fingerprint density at radius 2 is 1.84 bits per heavy atom. The van der Waals surface area contributed by atoms with E-state index in [9.17, 15) is 0 Å². The maximum atomic E-state index is 5.80. The highest BCUT2D eigenvalue weighted by Gasteiger charge is 2.15. The Bertz CT molecular complexity index is 570. The molecule has 2 rings (SSSR count). The van der Waals surface area contributed by atoms with Crippen LogP contribution in [0.15, 0.2) is 41.0 Å². The van der Waals surface area contributed by atoms with E-state index in [1.54, 1.807) is 6.20 Å². The number of ether oxygens (including phenoxy) is 1. The standard InChI is InChI=1S/C16H18BrNO/c1-11-9-12(16(2,3)4)5-7-14(11)19-15-8-6-13(17)10-18-15/h5-10H,1-4H3. The molecule has 1 heterocycles. The van der Waals surface area contributed by atoms with Crippen molar-refractivity contribution in [2.45, 2.75) is 33.1 Å². The van der Waals surface area contributed by atoms with E-state index in [-0.39, 0.29) is 5.41 Å². The van der Waals surface area contributed by atoms with E-state index in [0.717, 1.165) is 15.8 Å². The summed E-state index contributed by atoms with van der Waals surface area (Å²) in [5.41, 5.74) is 2.58. The van der Waals surface area contributed by atoms with E-state index in [0.29, 0.717) is 5.88 Å². The molecule has 0 aliphatic rings. The minimum Gasteiger partial charge on any atom is -0.439 e. The van der Waals surface area contributed by atoms with Crippen molar-refractivity contribution in [3.63, 3.8) is 0 Å². The van der Waals surface area contributed by atoms with E-state index in [4.69, 9.17) is 4.74 Å². The summed E-state index contributed by atoms with van der Waals surface area (Å²) in [7, 11) is 0. The van der Waals surface area contributed by atoms with Crippen LogP contribution in [0.25, 0.3) is 0 Å². The molecule has 0 atom stereocenters. The van der Waals surface area contributed by atoms with Crippen LogP contribution in [0, 0.1) is 6.92 Å². The van der Waals surface area contributed by atoms with Gasteiger partial charge in [0.15, 0.2) is 0 Å². The van der Waals surface area contributed by atoms with E-state index in [1.165, 1.54) is 5.56 Å². The average molecular weight is 320 g/mol. The first-order chi connectivity index (χ1) is 8.86. The number of rotatable bonds is 2. The number of nitrogens with zero attached hydrogens (tertiary/aromatic N) is 1. The normalized spacial score (nSPS) is 11.4. The predicted molar refractivity (Wildman–Crippen MR) is 81.9 cm³/mol. The lowest BCUT2D eigenvalue weighted by atomic mass is 9.86. The first-order valence-electron chi connectivity index (χ1n) is 6.27. The van der Waals surface area contributed by atoms with Gasteiger partial charge in [-0.2, -0.15) is 0 Å². The molecule has 3 heteroatoms. The number of hydrogen-bond acceptors (Lipinski definition) is 2. The van der Waals surface area contributed by atoms with Gasteiger partial charge >= 0.3 is 0 Å². The van der Waals surface area contributed by atoms with Crippen LogP contribution in [0.5, 0.6) is 11.6 Å². The third-order valence-electron chi connectivity index (χ3n) is 2.96.